The van der Waals surface area contributed by atoms with Crippen LogP contribution in [0.3, 0.4) is 0 Å². The Morgan fingerprint density at radius 2 is 2.32 bits per heavy atom. The first-order valence-electron chi connectivity index (χ1n) is 7.00. The van der Waals surface area contributed by atoms with Gasteiger partial charge in [-0.05, 0) is 19.1 Å². The SMILES string of the molecule is C=CCNc1nnc(S[C@H](C)C(=O)Nc2ccc(F)c([N+](=O)[O-])c2)s1. The molecular formula is C14H14FN5O3S2. The third-order valence-corrected chi connectivity index (χ3v) is 4.93. The lowest BCUT2D eigenvalue weighted by Gasteiger charge is -2.10. The number of anilines is 2. The zero-order chi connectivity index (χ0) is 18.4. The minimum Gasteiger partial charge on any atom is -0.357 e. The molecule has 8 nitrogen and oxygen atoms in total. The maximum Gasteiger partial charge on any atom is 0.306 e. The van der Waals surface area contributed by atoms with E-state index >= 15 is 0 Å². The molecule has 1 atom stereocenters. The number of rotatable bonds is 8. The molecule has 132 valence electrons. The predicted molar refractivity (Wildman–Crippen MR) is 95.6 cm³/mol. The zero-order valence-corrected chi connectivity index (χ0v) is 14.7. The number of nitrogens with one attached hydrogen (secondary N) is 2. The van der Waals surface area contributed by atoms with Gasteiger partial charge in [-0.2, -0.15) is 4.39 Å². The summed E-state index contributed by atoms with van der Waals surface area (Å²) in [6.45, 7) is 5.80. The van der Waals surface area contributed by atoms with Gasteiger partial charge in [-0.25, -0.2) is 0 Å². The van der Waals surface area contributed by atoms with Crippen molar-refractivity contribution in [1.82, 2.24) is 10.2 Å². The third kappa shape index (κ3) is 5.22. The van der Waals surface area contributed by atoms with Crippen molar-refractivity contribution in [2.45, 2.75) is 16.5 Å². The smallest absolute Gasteiger partial charge is 0.306 e. The number of thioether (sulfide) groups is 1. The number of amides is 1. The number of carbonyl (C=O) groups excluding carboxylic acids is 1. The van der Waals surface area contributed by atoms with E-state index in [0.29, 0.717) is 16.0 Å². The van der Waals surface area contributed by atoms with E-state index in [9.17, 15) is 19.3 Å². The van der Waals surface area contributed by atoms with Gasteiger partial charge < -0.3 is 10.6 Å². The molecule has 0 unspecified atom stereocenters. The molecule has 2 aromatic rings. The lowest BCUT2D eigenvalue weighted by Crippen LogP contribution is -2.22. The molecule has 2 N–H and O–H groups in total. The van der Waals surface area contributed by atoms with Gasteiger partial charge in [0.15, 0.2) is 4.34 Å². The van der Waals surface area contributed by atoms with Crippen LogP contribution in [-0.4, -0.2) is 32.8 Å². The molecule has 0 aliphatic rings. The summed E-state index contributed by atoms with van der Waals surface area (Å²) in [4.78, 5) is 22.1. The number of nitro groups is 1. The van der Waals surface area contributed by atoms with Gasteiger partial charge in [-0.15, -0.1) is 16.8 Å². The van der Waals surface area contributed by atoms with E-state index in [1.54, 1.807) is 13.0 Å². The number of aromatic nitrogens is 2. The second-order valence-corrected chi connectivity index (χ2v) is 7.28. The molecule has 0 fully saturated rings. The number of carbonyl (C=O) groups is 1. The van der Waals surface area contributed by atoms with E-state index in [-0.39, 0.29) is 11.6 Å². The number of nitrogens with zero attached hydrogens (tertiary/aromatic N) is 3. The Kier molecular flexibility index (Phi) is 6.42. The van der Waals surface area contributed by atoms with Crippen LogP contribution >= 0.6 is 23.1 Å². The monoisotopic (exact) mass is 383 g/mol. The maximum atomic E-state index is 13.3. The van der Waals surface area contributed by atoms with Gasteiger partial charge in [0.1, 0.15) is 0 Å². The van der Waals surface area contributed by atoms with E-state index in [1.807, 2.05) is 0 Å². The van der Waals surface area contributed by atoms with Crippen LogP contribution in [-0.2, 0) is 4.79 Å². The normalized spacial score (nSPS) is 11.6. The second-order valence-electron chi connectivity index (χ2n) is 4.72. The molecule has 2 rings (SSSR count). The first kappa shape index (κ1) is 18.8. The summed E-state index contributed by atoms with van der Waals surface area (Å²) >= 11 is 2.49. The summed E-state index contributed by atoms with van der Waals surface area (Å²) in [5, 5.41) is 24.2. The number of nitro benzene ring substituents is 1. The van der Waals surface area contributed by atoms with Crippen LogP contribution in [0.4, 0.5) is 20.9 Å². The van der Waals surface area contributed by atoms with Crippen molar-refractivity contribution >= 4 is 45.5 Å². The number of benzene rings is 1. The van der Waals surface area contributed by atoms with Crippen LogP contribution in [0.15, 0.2) is 35.2 Å². The minimum atomic E-state index is -0.959. The summed E-state index contributed by atoms with van der Waals surface area (Å²) in [7, 11) is 0. The van der Waals surface area contributed by atoms with Crippen molar-refractivity contribution in [2.75, 3.05) is 17.2 Å². The van der Waals surface area contributed by atoms with Crippen LogP contribution in [0.2, 0.25) is 0 Å². The Bertz CT molecular complexity index is 799. The highest BCUT2D eigenvalue weighted by Gasteiger charge is 2.20. The fourth-order valence-electron chi connectivity index (χ4n) is 1.67. The van der Waals surface area contributed by atoms with Gasteiger partial charge in [0.2, 0.25) is 16.9 Å². The Balaban J connectivity index is 1.98. The quantitative estimate of drug-likeness (QED) is 0.311. The molecule has 0 radical (unpaired) electrons. The largest absolute Gasteiger partial charge is 0.357 e. The Morgan fingerprint density at radius 1 is 1.56 bits per heavy atom. The van der Waals surface area contributed by atoms with Gasteiger partial charge in [-0.3, -0.25) is 14.9 Å². The van der Waals surface area contributed by atoms with E-state index in [4.69, 9.17) is 0 Å². The fraction of sp³-hybridized carbons (Fsp3) is 0.214. The molecular weight excluding hydrogens is 369 g/mol. The molecule has 0 aliphatic heterocycles. The molecule has 0 saturated heterocycles. The molecule has 11 heteroatoms. The lowest BCUT2D eigenvalue weighted by molar-refractivity contribution is -0.387. The molecule has 1 heterocycles. The Labute approximate surface area is 150 Å². The van der Waals surface area contributed by atoms with Crippen LogP contribution in [0.5, 0.6) is 0 Å². The first-order valence-corrected chi connectivity index (χ1v) is 8.70. The van der Waals surface area contributed by atoms with Crippen molar-refractivity contribution in [3.05, 3.63) is 46.8 Å². The van der Waals surface area contributed by atoms with E-state index in [2.05, 4.69) is 27.4 Å². The third-order valence-electron chi connectivity index (χ3n) is 2.86. The van der Waals surface area contributed by atoms with Crippen molar-refractivity contribution < 1.29 is 14.1 Å². The lowest BCUT2D eigenvalue weighted by atomic mass is 10.2. The second kappa shape index (κ2) is 8.53. The number of halogens is 1. The Hall–Kier alpha value is -2.53. The molecule has 25 heavy (non-hydrogen) atoms. The molecule has 1 aromatic carbocycles. The average molecular weight is 383 g/mol. The molecule has 1 amide bonds. The van der Waals surface area contributed by atoms with Gasteiger partial charge >= 0.3 is 5.69 Å². The van der Waals surface area contributed by atoms with Gasteiger partial charge in [0.25, 0.3) is 0 Å². The van der Waals surface area contributed by atoms with E-state index < -0.39 is 21.7 Å². The standard InChI is InChI=1S/C14H14FN5O3S2/c1-3-6-16-13-18-19-14(25-13)24-8(2)12(21)17-9-4-5-10(15)11(7-9)20(22)23/h3-5,7-8H,1,6H2,2H3,(H,16,18)(H,17,21)/t8-/m1/s1. The highest BCUT2D eigenvalue weighted by Crippen LogP contribution is 2.29. The molecule has 0 saturated carbocycles. The number of hydrogen-bond donors (Lipinski definition) is 2. The fourth-order valence-corrected chi connectivity index (χ4v) is 3.57. The van der Waals surface area contributed by atoms with Crippen molar-refractivity contribution in [3.63, 3.8) is 0 Å². The molecule has 0 bridgehead atoms. The summed E-state index contributed by atoms with van der Waals surface area (Å²) in [5.41, 5.74) is -0.545. The molecule has 0 aliphatic carbocycles. The minimum absolute atomic E-state index is 0.149. The van der Waals surface area contributed by atoms with Gasteiger partial charge in [0, 0.05) is 18.3 Å². The summed E-state index contributed by atoms with van der Waals surface area (Å²) in [5.74, 6) is -1.35. The summed E-state index contributed by atoms with van der Waals surface area (Å²) < 4.78 is 13.9. The van der Waals surface area contributed by atoms with E-state index in [0.717, 1.165) is 12.1 Å². The van der Waals surface area contributed by atoms with Crippen LogP contribution in [0.1, 0.15) is 6.92 Å². The topological polar surface area (TPSA) is 110 Å². The van der Waals surface area contributed by atoms with Crippen LogP contribution < -0.4 is 10.6 Å². The summed E-state index contributed by atoms with van der Waals surface area (Å²) in [6.07, 6.45) is 1.69. The number of hydrogen-bond acceptors (Lipinski definition) is 8. The van der Waals surface area contributed by atoms with Crippen LogP contribution in [0, 0.1) is 15.9 Å². The van der Waals surface area contributed by atoms with Gasteiger partial charge in [0.05, 0.1) is 10.2 Å². The van der Waals surface area contributed by atoms with Gasteiger partial charge in [-0.1, -0.05) is 29.2 Å². The maximum absolute atomic E-state index is 13.3. The summed E-state index contributed by atoms with van der Waals surface area (Å²) in [6, 6.07) is 3.18. The highest BCUT2D eigenvalue weighted by molar-refractivity contribution is 8.02. The van der Waals surface area contributed by atoms with Crippen molar-refractivity contribution in [2.24, 2.45) is 0 Å². The Morgan fingerprint density at radius 3 is 3.00 bits per heavy atom. The van der Waals surface area contributed by atoms with Crippen molar-refractivity contribution in [3.8, 4) is 0 Å². The van der Waals surface area contributed by atoms with E-state index in [1.165, 1.54) is 29.2 Å². The first-order chi connectivity index (χ1) is 11.9. The van der Waals surface area contributed by atoms with Crippen LogP contribution in [0.25, 0.3) is 0 Å². The molecule has 1 aromatic heterocycles. The average Bonchev–Trinajstić information content (AvgIpc) is 3.01. The molecule has 0 spiro atoms. The predicted octanol–water partition coefficient (Wildman–Crippen LogP) is 3.30. The zero-order valence-electron chi connectivity index (χ0n) is 13.1. The van der Waals surface area contributed by atoms with Crippen molar-refractivity contribution in [1.29, 1.82) is 0 Å². The highest BCUT2D eigenvalue weighted by atomic mass is 32.2.